The minimum Gasteiger partial charge on any atom is -0.481 e. The molecule has 0 spiro atoms. The van der Waals surface area contributed by atoms with Crippen LogP contribution in [-0.4, -0.2) is 27.0 Å². The maximum Gasteiger partial charge on any atom is 0.303 e. The molecule has 6 heteroatoms. The second kappa shape index (κ2) is 10.4. The molecule has 3 aromatic rings. The van der Waals surface area contributed by atoms with Crippen LogP contribution in [0.5, 0.6) is 0 Å². The molecule has 5 rings (SSSR count). The van der Waals surface area contributed by atoms with Gasteiger partial charge in [-0.3, -0.25) is 9.59 Å². The zero-order chi connectivity index (χ0) is 25.0. The number of nitrogens with one attached hydrogen (secondary N) is 1. The van der Waals surface area contributed by atoms with Crippen molar-refractivity contribution >= 4 is 22.9 Å². The lowest BCUT2D eigenvalue weighted by Crippen LogP contribution is -2.50. The lowest BCUT2D eigenvalue weighted by atomic mass is 9.71. The van der Waals surface area contributed by atoms with Crippen LogP contribution in [0.4, 0.5) is 0 Å². The Hall–Kier alpha value is -3.80. The van der Waals surface area contributed by atoms with Crippen LogP contribution in [0, 0.1) is 0 Å². The summed E-state index contributed by atoms with van der Waals surface area (Å²) in [5, 5.41) is 12.3. The average Bonchev–Trinajstić information content (AvgIpc) is 2.88. The Bertz CT molecular complexity index is 1330. The first-order chi connectivity index (χ1) is 17.5. The molecule has 184 valence electrons. The molecule has 2 aromatic carbocycles. The molecule has 0 bridgehead atoms. The number of aryl methyl sites for hydroxylation is 1. The molecule has 0 radical (unpaired) electrons. The molecule has 1 saturated carbocycles. The summed E-state index contributed by atoms with van der Waals surface area (Å²) >= 11 is 0. The van der Waals surface area contributed by atoms with Crippen molar-refractivity contribution in [3.8, 4) is 0 Å². The lowest BCUT2D eigenvalue weighted by Gasteiger charge is -2.43. The highest BCUT2D eigenvalue weighted by molar-refractivity contribution is 5.97. The van der Waals surface area contributed by atoms with Gasteiger partial charge in [0.15, 0.2) is 0 Å². The van der Waals surface area contributed by atoms with Crippen LogP contribution in [-0.2, 0) is 16.8 Å². The van der Waals surface area contributed by atoms with Crippen LogP contribution in [0.1, 0.15) is 78.2 Å². The molecule has 1 unspecified atom stereocenters. The van der Waals surface area contributed by atoms with Crippen molar-refractivity contribution in [3.05, 3.63) is 95.3 Å². The van der Waals surface area contributed by atoms with Crippen molar-refractivity contribution in [1.29, 1.82) is 0 Å². The third-order valence-electron chi connectivity index (χ3n) is 7.30. The Morgan fingerprint density at radius 3 is 2.53 bits per heavy atom. The predicted molar refractivity (Wildman–Crippen MR) is 140 cm³/mol. The van der Waals surface area contributed by atoms with Crippen molar-refractivity contribution in [2.75, 3.05) is 0 Å². The zero-order valence-corrected chi connectivity index (χ0v) is 20.3. The van der Waals surface area contributed by atoms with Crippen LogP contribution < -0.4 is 5.32 Å². The number of carboxylic acids is 1. The molecule has 36 heavy (non-hydrogen) atoms. The summed E-state index contributed by atoms with van der Waals surface area (Å²) in [4.78, 5) is 34.2. The van der Waals surface area contributed by atoms with Gasteiger partial charge in [-0.2, -0.15) is 0 Å². The Labute approximate surface area is 211 Å². The molecule has 1 fully saturated rings. The summed E-state index contributed by atoms with van der Waals surface area (Å²) in [6.45, 7) is 0. The van der Waals surface area contributed by atoms with E-state index in [9.17, 15) is 9.59 Å². The Morgan fingerprint density at radius 1 is 1.00 bits per heavy atom. The molecule has 1 atom stereocenters. The smallest absolute Gasteiger partial charge is 0.303 e. The Balaban J connectivity index is 1.42. The van der Waals surface area contributed by atoms with Gasteiger partial charge in [0.2, 0.25) is 0 Å². The van der Waals surface area contributed by atoms with E-state index >= 15 is 0 Å². The molecule has 1 amide bonds. The van der Waals surface area contributed by atoms with Crippen molar-refractivity contribution < 1.29 is 14.7 Å². The van der Waals surface area contributed by atoms with Gasteiger partial charge in [-0.15, -0.1) is 0 Å². The van der Waals surface area contributed by atoms with E-state index in [-0.39, 0.29) is 23.8 Å². The zero-order valence-electron chi connectivity index (χ0n) is 20.3. The van der Waals surface area contributed by atoms with Crippen molar-refractivity contribution in [2.45, 2.75) is 62.8 Å². The number of aliphatic carboxylic acids is 1. The fourth-order valence-corrected chi connectivity index (χ4v) is 5.14. The largest absolute Gasteiger partial charge is 0.481 e. The van der Waals surface area contributed by atoms with Gasteiger partial charge in [0.25, 0.3) is 5.91 Å². The van der Waals surface area contributed by atoms with E-state index in [0.717, 1.165) is 54.6 Å². The predicted octanol–water partition coefficient (Wildman–Crippen LogP) is 5.84. The van der Waals surface area contributed by atoms with Gasteiger partial charge in [-0.1, -0.05) is 54.6 Å². The van der Waals surface area contributed by atoms with Gasteiger partial charge in [-0.05, 0) is 68.7 Å². The van der Waals surface area contributed by atoms with Crippen molar-refractivity contribution in [1.82, 2.24) is 15.3 Å². The number of amides is 1. The topological polar surface area (TPSA) is 92.2 Å². The minimum absolute atomic E-state index is 0.102. The second-order valence-electron chi connectivity index (χ2n) is 9.77. The minimum atomic E-state index is -0.782. The molecule has 6 nitrogen and oxygen atoms in total. The lowest BCUT2D eigenvalue weighted by molar-refractivity contribution is -0.137. The maximum atomic E-state index is 13.3. The number of carbonyl (C=O) groups excluding carboxylic acids is 1. The summed E-state index contributed by atoms with van der Waals surface area (Å²) in [5.74, 6) is -0.737. The van der Waals surface area contributed by atoms with E-state index in [0.29, 0.717) is 23.9 Å². The normalized spacial score (nSPS) is 18.1. The van der Waals surface area contributed by atoms with E-state index in [1.54, 1.807) is 0 Å². The van der Waals surface area contributed by atoms with E-state index in [1.165, 1.54) is 0 Å². The van der Waals surface area contributed by atoms with Crippen molar-refractivity contribution in [2.24, 2.45) is 0 Å². The van der Waals surface area contributed by atoms with Gasteiger partial charge in [0, 0.05) is 17.9 Å². The average molecular weight is 482 g/mol. The van der Waals surface area contributed by atoms with E-state index < -0.39 is 5.97 Å². The highest BCUT2D eigenvalue weighted by atomic mass is 16.4. The van der Waals surface area contributed by atoms with Gasteiger partial charge in [0.1, 0.15) is 0 Å². The van der Waals surface area contributed by atoms with Crippen LogP contribution >= 0.6 is 0 Å². The van der Waals surface area contributed by atoms with Gasteiger partial charge < -0.3 is 10.4 Å². The number of hydrogen-bond donors (Lipinski definition) is 2. The van der Waals surface area contributed by atoms with Crippen LogP contribution in [0.15, 0.2) is 72.8 Å². The number of carbonyl (C=O) groups is 2. The molecule has 1 heterocycles. The number of fused-ring (bicyclic) bond motifs is 1. The molecule has 2 N–H and O–H groups in total. The van der Waals surface area contributed by atoms with Crippen LogP contribution in [0.3, 0.4) is 0 Å². The first-order valence-corrected chi connectivity index (χ1v) is 12.8. The molecule has 0 saturated heterocycles. The molecule has 1 aromatic heterocycles. The summed E-state index contributed by atoms with van der Waals surface area (Å²) in [7, 11) is 0. The number of unbranched alkanes of at least 4 members (excludes halogenated alkanes) is 1. The molecule has 2 aliphatic carbocycles. The first-order valence-electron chi connectivity index (χ1n) is 12.8. The second-order valence-corrected chi connectivity index (χ2v) is 9.77. The summed E-state index contributed by atoms with van der Waals surface area (Å²) in [6, 6.07) is 15.7. The third kappa shape index (κ3) is 5.08. The van der Waals surface area contributed by atoms with E-state index in [1.807, 2.05) is 48.6 Å². The van der Waals surface area contributed by atoms with Crippen LogP contribution in [0.2, 0.25) is 0 Å². The third-order valence-corrected chi connectivity index (χ3v) is 7.30. The number of allylic oxidation sites excluding steroid dienone is 4. The highest BCUT2D eigenvalue weighted by Crippen LogP contribution is 2.41. The fourth-order valence-electron chi connectivity index (χ4n) is 5.14. The number of aromatic nitrogens is 2. The number of rotatable bonds is 9. The highest BCUT2D eigenvalue weighted by Gasteiger charge is 2.40. The standard InChI is InChI=1S/C30H31N3O3/c34-27(35)15-8-7-14-25-28(21-10-3-1-4-11-21)32-24-17-16-22(20-26(24)31-25)29(36)33-30(18-9-19-30)23-12-5-2-6-13-23/h1-6,10,12-13,16-17,20-21H,7-9,11,14-15,18-19H2,(H,33,36)(H,34,35). The van der Waals surface area contributed by atoms with E-state index in [4.69, 9.17) is 15.1 Å². The van der Waals surface area contributed by atoms with Gasteiger partial charge in [0.05, 0.1) is 28.0 Å². The molecule has 2 aliphatic rings. The quantitative estimate of drug-likeness (QED) is 0.375. The summed E-state index contributed by atoms with van der Waals surface area (Å²) in [6.07, 6.45) is 14.3. The van der Waals surface area contributed by atoms with Gasteiger partial charge in [-0.25, -0.2) is 9.97 Å². The van der Waals surface area contributed by atoms with Crippen LogP contribution in [0.25, 0.3) is 11.0 Å². The summed E-state index contributed by atoms with van der Waals surface area (Å²) in [5.41, 5.74) is 4.69. The van der Waals surface area contributed by atoms with Crippen molar-refractivity contribution in [3.63, 3.8) is 0 Å². The summed E-state index contributed by atoms with van der Waals surface area (Å²) < 4.78 is 0. The molecular formula is C30H31N3O3. The Morgan fingerprint density at radius 2 is 1.83 bits per heavy atom. The maximum absolute atomic E-state index is 13.3. The fraction of sp³-hybridized carbons (Fsp3) is 0.333. The SMILES string of the molecule is O=C(O)CCCCc1nc2cc(C(=O)NC3(c4ccccc4)CCC3)ccc2nc1C1C=CC=CC1. The first kappa shape index (κ1) is 23.9. The Kier molecular flexibility index (Phi) is 6.94. The number of nitrogens with zero attached hydrogens (tertiary/aromatic N) is 2. The van der Waals surface area contributed by atoms with E-state index in [2.05, 4.69) is 29.6 Å². The number of carboxylic acid groups (broad SMARTS) is 1. The number of hydrogen-bond acceptors (Lipinski definition) is 4. The molecular weight excluding hydrogens is 450 g/mol. The van der Waals surface area contributed by atoms with Gasteiger partial charge >= 0.3 is 5.97 Å². The monoisotopic (exact) mass is 481 g/mol. The molecule has 0 aliphatic heterocycles. The number of benzene rings is 2.